The summed E-state index contributed by atoms with van der Waals surface area (Å²) in [6.07, 6.45) is 15.7. The molecule has 0 bridgehead atoms. The molecule has 4 heteroatoms. The van der Waals surface area contributed by atoms with Crippen LogP contribution in [0.25, 0.3) is 61.3 Å². The number of benzene rings is 5. The topological polar surface area (TPSA) is 59.2 Å². The summed E-state index contributed by atoms with van der Waals surface area (Å²) >= 11 is 0. The fourth-order valence-electron chi connectivity index (χ4n) is 8.99. The van der Waals surface area contributed by atoms with E-state index in [-0.39, 0.29) is 11.2 Å². The van der Waals surface area contributed by atoms with Crippen LogP contribution < -0.4 is 0 Å². The monoisotopic (exact) mass is 674 g/mol. The highest BCUT2D eigenvalue weighted by atomic mass is 16.3. The van der Waals surface area contributed by atoms with Crippen molar-refractivity contribution >= 4 is 27.5 Å². The third-order valence-corrected chi connectivity index (χ3v) is 11.5. The van der Waals surface area contributed by atoms with E-state index in [9.17, 15) is 5.11 Å². The van der Waals surface area contributed by atoms with Crippen molar-refractivity contribution in [1.82, 2.24) is 9.97 Å². The average Bonchev–Trinajstić information content (AvgIpc) is 3.42. The van der Waals surface area contributed by atoms with Crippen LogP contribution in [0.4, 0.5) is 0 Å². The van der Waals surface area contributed by atoms with Crippen LogP contribution in [0, 0.1) is 0 Å². The Morgan fingerprint density at radius 1 is 0.596 bits per heavy atom. The summed E-state index contributed by atoms with van der Waals surface area (Å²) in [7, 11) is 0. The van der Waals surface area contributed by atoms with Gasteiger partial charge in [-0.25, -0.2) is 9.97 Å². The molecule has 4 nitrogen and oxygen atoms in total. The molecule has 7 aromatic rings. The summed E-state index contributed by atoms with van der Waals surface area (Å²) < 4.78 is 6.48. The second-order valence-electron chi connectivity index (χ2n) is 14.5. The van der Waals surface area contributed by atoms with Crippen molar-refractivity contribution in [2.24, 2.45) is 0 Å². The second-order valence-corrected chi connectivity index (χ2v) is 14.5. The molecule has 3 aliphatic carbocycles. The van der Waals surface area contributed by atoms with E-state index < -0.39 is 0 Å². The van der Waals surface area contributed by atoms with Crippen molar-refractivity contribution in [2.75, 3.05) is 0 Å². The zero-order valence-electron chi connectivity index (χ0n) is 29.0. The predicted molar refractivity (Wildman–Crippen MR) is 211 cm³/mol. The van der Waals surface area contributed by atoms with E-state index in [0.717, 1.165) is 45.2 Å². The molecule has 5 aromatic carbocycles. The third-order valence-electron chi connectivity index (χ3n) is 11.5. The Balaban J connectivity index is 1.04. The van der Waals surface area contributed by atoms with Gasteiger partial charge >= 0.3 is 0 Å². The van der Waals surface area contributed by atoms with E-state index in [1.807, 2.05) is 60.7 Å². The van der Waals surface area contributed by atoms with Gasteiger partial charge in [0.2, 0.25) is 0 Å². The molecular weight excluding hydrogens is 637 g/mol. The number of rotatable bonds is 4. The number of allylic oxidation sites excluding steroid dienone is 5. The molecule has 0 amide bonds. The molecule has 3 aliphatic rings. The highest BCUT2D eigenvalue weighted by molar-refractivity contribution is 6.07. The first kappa shape index (κ1) is 30.8. The first-order valence-electron chi connectivity index (χ1n) is 18.5. The van der Waals surface area contributed by atoms with E-state index in [1.165, 1.54) is 59.9 Å². The summed E-state index contributed by atoms with van der Waals surface area (Å²) in [6, 6.07) is 41.3. The number of aliphatic hydroxyl groups excluding tert-OH is 1. The highest BCUT2D eigenvalue weighted by Crippen LogP contribution is 2.51. The minimum absolute atomic E-state index is 0.148. The molecule has 2 aromatic heterocycles. The standard InChI is InChI=1S/C48H38N2O2/c51-44-17-7-2-6-15-38(44)43-30-42(31-12-4-1-5-13-31)49-47(50-43)35-18-21-37-39-28-33(20-23-45(39)52-46(37)29-35)32-19-22-41-36(26-32)27-34-14-8-9-16-40(34)48(41)24-10-3-11-25-48/h1-2,4-5,7-9,12-23,26,28-30,51H,3,6,10-11,24-25,27H2. The van der Waals surface area contributed by atoms with Gasteiger partial charge in [0.25, 0.3) is 0 Å². The molecule has 1 saturated carbocycles. The second kappa shape index (κ2) is 12.3. The fourth-order valence-corrected chi connectivity index (χ4v) is 8.99. The van der Waals surface area contributed by atoms with E-state index >= 15 is 0 Å². The van der Waals surface area contributed by atoms with E-state index in [2.05, 4.69) is 72.8 Å². The first-order valence-corrected chi connectivity index (χ1v) is 18.5. The Kier molecular flexibility index (Phi) is 7.31. The molecule has 0 radical (unpaired) electrons. The van der Waals surface area contributed by atoms with E-state index in [0.29, 0.717) is 23.5 Å². The van der Waals surface area contributed by atoms with Gasteiger partial charge in [0.1, 0.15) is 16.9 Å². The van der Waals surface area contributed by atoms with Crippen molar-refractivity contribution in [1.29, 1.82) is 0 Å². The van der Waals surface area contributed by atoms with Crippen molar-refractivity contribution in [3.8, 4) is 33.8 Å². The van der Waals surface area contributed by atoms with Gasteiger partial charge in [0, 0.05) is 32.9 Å². The SMILES string of the molecule is OC1=CC=CCC=C1c1cc(-c2ccccc2)nc(-c2ccc3c(c2)oc2ccc(-c4ccc5c(c4)Cc4ccccc4C54CCCCC4)cc23)n1. The predicted octanol–water partition coefficient (Wildman–Crippen LogP) is 12.3. The van der Waals surface area contributed by atoms with Crippen LogP contribution in [0.3, 0.4) is 0 Å². The summed E-state index contributed by atoms with van der Waals surface area (Å²) in [6.45, 7) is 0. The van der Waals surface area contributed by atoms with Crippen LogP contribution in [0.2, 0.25) is 0 Å². The van der Waals surface area contributed by atoms with Crippen LogP contribution in [0.1, 0.15) is 66.5 Å². The summed E-state index contributed by atoms with van der Waals surface area (Å²) in [5.41, 5.74) is 14.3. The number of aromatic nitrogens is 2. The normalized spacial score (nSPS) is 16.3. The Morgan fingerprint density at radius 2 is 1.37 bits per heavy atom. The molecule has 1 fully saturated rings. The molecule has 10 rings (SSSR count). The summed E-state index contributed by atoms with van der Waals surface area (Å²) in [5, 5.41) is 13.0. The van der Waals surface area contributed by atoms with E-state index in [1.54, 1.807) is 11.6 Å². The molecule has 2 heterocycles. The van der Waals surface area contributed by atoms with E-state index in [4.69, 9.17) is 14.4 Å². The Bertz CT molecular complexity index is 2620. The third kappa shape index (κ3) is 5.12. The zero-order chi connectivity index (χ0) is 34.6. The minimum atomic E-state index is 0.148. The van der Waals surface area contributed by atoms with Crippen LogP contribution in [-0.4, -0.2) is 15.1 Å². The van der Waals surface area contributed by atoms with Crippen molar-refractivity contribution < 1.29 is 9.52 Å². The van der Waals surface area contributed by atoms with Crippen molar-refractivity contribution in [3.63, 3.8) is 0 Å². The molecule has 252 valence electrons. The van der Waals surface area contributed by atoms with Crippen LogP contribution in [0.5, 0.6) is 0 Å². The number of fused-ring (bicyclic) bond motifs is 7. The molecule has 1 N–H and O–H groups in total. The van der Waals surface area contributed by atoms with Gasteiger partial charge in [0.05, 0.1) is 11.4 Å². The lowest BCUT2D eigenvalue weighted by Crippen LogP contribution is -2.35. The lowest BCUT2D eigenvalue weighted by molar-refractivity contribution is 0.338. The van der Waals surface area contributed by atoms with Gasteiger partial charge in [-0.15, -0.1) is 0 Å². The number of furan rings is 1. The van der Waals surface area contributed by atoms with Gasteiger partial charge in [-0.05, 0) is 95.5 Å². The maximum atomic E-state index is 10.9. The number of nitrogens with zero attached hydrogens (tertiary/aromatic N) is 2. The van der Waals surface area contributed by atoms with Gasteiger partial charge in [0.15, 0.2) is 5.82 Å². The molecule has 52 heavy (non-hydrogen) atoms. The maximum absolute atomic E-state index is 10.9. The summed E-state index contributed by atoms with van der Waals surface area (Å²) in [5.74, 6) is 0.773. The molecule has 1 spiro atoms. The molecule has 0 aliphatic heterocycles. The quantitative estimate of drug-likeness (QED) is 0.202. The van der Waals surface area contributed by atoms with Gasteiger partial charge in [-0.1, -0.05) is 122 Å². The van der Waals surface area contributed by atoms with Gasteiger partial charge in [-0.2, -0.15) is 0 Å². The molecule has 0 saturated heterocycles. The maximum Gasteiger partial charge on any atom is 0.160 e. The molecule has 0 unspecified atom stereocenters. The van der Waals surface area contributed by atoms with Crippen LogP contribution in [-0.2, 0) is 11.8 Å². The lowest BCUT2D eigenvalue weighted by atomic mass is 9.60. The average molecular weight is 675 g/mol. The smallest absolute Gasteiger partial charge is 0.160 e. The Labute approximate surface area is 303 Å². The fraction of sp³-hybridized carbons (Fsp3) is 0.167. The molecular formula is C48H38N2O2. The number of aliphatic hydroxyl groups is 1. The minimum Gasteiger partial charge on any atom is -0.507 e. The Hall–Kier alpha value is -6.00. The van der Waals surface area contributed by atoms with Crippen LogP contribution in [0.15, 0.2) is 150 Å². The number of hydrogen-bond donors (Lipinski definition) is 1. The Morgan fingerprint density at radius 3 is 2.27 bits per heavy atom. The largest absolute Gasteiger partial charge is 0.507 e. The molecule has 0 atom stereocenters. The first-order chi connectivity index (χ1) is 25.6. The van der Waals surface area contributed by atoms with Crippen molar-refractivity contribution in [2.45, 2.75) is 50.4 Å². The zero-order valence-corrected chi connectivity index (χ0v) is 29.0. The van der Waals surface area contributed by atoms with Crippen LogP contribution >= 0.6 is 0 Å². The van der Waals surface area contributed by atoms with Gasteiger partial charge in [-0.3, -0.25) is 0 Å². The van der Waals surface area contributed by atoms with Crippen molar-refractivity contribution in [3.05, 3.63) is 173 Å². The number of hydrogen-bond acceptors (Lipinski definition) is 4. The highest BCUT2D eigenvalue weighted by Gasteiger charge is 2.41. The lowest BCUT2D eigenvalue weighted by Gasteiger charge is -2.44. The summed E-state index contributed by atoms with van der Waals surface area (Å²) in [4.78, 5) is 10.0. The van der Waals surface area contributed by atoms with Gasteiger partial charge < -0.3 is 9.52 Å².